The summed E-state index contributed by atoms with van der Waals surface area (Å²) in [7, 11) is 0. The van der Waals surface area contributed by atoms with Crippen molar-refractivity contribution in [2.24, 2.45) is 0 Å². The Morgan fingerprint density at radius 1 is 0.446 bits per heavy atom. The fourth-order valence-corrected chi connectivity index (χ4v) is 10.6. The maximum absolute atomic E-state index is 13.4. The highest BCUT2D eigenvalue weighted by Gasteiger charge is 2.53. The number of aliphatic hydroxyl groups is 11. The van der Waals surface area contributed by atoms with E-state index in [1.165, 1.54) is 83.5 Å². The second-order valence-corrected chi connectivity index (χ2v) is 22.8. The Balaban J connectivity index is 1.48. The summed E-state index contributed by atoms with van der Waals surface area (Å²) < 4.78 is 34.3. The third kappa shape index (κ3) is 29.8. The van der Waals surface area contributed by atoms with E-state index in [0.29, 0.717) is 12.8 Å². The maximum Gasteiger partial charge on any atom is 0.220 e. The van der Waals surface area contributed by atoms with Crippen molar-refractivity contribution in [3.8, 4) is 0 Å². The van der Waals surface area contributed by atoms with E-state index < -0.39 is 124 Å². The van der Waals surface area contributed by atoms with Crippen LogP contribution in [0, 0.1) is 0 Å². The van der Waals surface area contributed by atoms with Gasteiger partial charge in [-0.3, -0.25) is 4.79 Å². The van der Waals surface area contributed by atoms with Gasteiger partial charge in [-0.2, -0.15) is 0 Å². The van der Waals surface area contributed by atoms with E-state index in [1.807, 2.05) is 0 Å². The van der Waals surface area contributed by atoms with Crippen LogP contribution in [0.2, 0.25) is 0 Å². The zero-order valence-electron chi connectivity index (χ0n) is 50.4. The first kappa shape index (κ1) is 74.7. The van der Waals surface area contributed by atoms with E-state index in [0.717, 1.165) is 89.9 Å². The van der Waals surface area contributed by atoms with Gasteiger partial charge in [-0.1, -0.05) is 203 Å². The summed E-state index contributed by atoms with van der Waals surface area (Å²) in [6.07, 6.45) is 27.2. The molecule has 0 radical (unpaired) electrons. The highest BCUT2D eigenvalue weighted by atomic mass is 16.8. The number of carbonyl (C=O) groups is 1. The molecular weight excluding hydrogens is 1070 g/mol. The van der Waals surface area contributed by atoms with Gasteiger partial charge in [0.1, 0.15) is 73.2 Å². The summed E-state index contributed by atoms with van der Waals surface area (Å²) in [5.74, 6) is -0.263. The zero-order valence-corrected chi connectivity index (χ0v) is 50.4. The fourth-order valence-electron chi connectivity index (χ4n) is 10.6. The molecule has 3 heterocycles. The van der Waals surface area contributed by atoms with Crippen molar-refractivity contribution in [1.82, 2.24) is 5.32 Å². The van der Waals surface area contributed by atoms with Crippen LogP contribution in [-0.2, 0) is 33.2 Å². The molecule has 19 heteroatoms. The Kier molecular flexibility index (Phi) is 42.0. The Bertz CT molecular complexity index is 1750. The molecule has 482 valence electrons. The number of carbonyl (C=O) groups excluding carboxylic acids is 1. The molecule has 3 fully saturated rings. The number of hydrogen-bond acceptors (Lipinski definition) is 18. The molecule has 17 unspecified atom stereocenters. The average Bonchev–Trinajstić information content (AvgIpc) is 3.34. The van der Waals surface area contributed by atoms with Gasteiger partial charge in [0.2, 0.25) is 5.91 Å². The minimum atomic E-state index is -1.98. The lowest BCUT2D eigenvalue weighted by molar-refractivity contribution is -0.379. The minimum Gasteiger partial charge on any atom is -0.394 e. The summed E-state index contributed by atoms with van der Waals surface area (Å²) in [4.78, 5) is 13.4. The van der Waals surface area contributed by atoms with E-state index >= 15 is 0 Å². The highest BCUT2D eigenvalue weighted by molar-refractivity contribution is 5.76. The molecule has 0 aliphatic carbocycles. The van der Waals surface area contributed by atoms with Crippen molar-refractivity contribution in [3.63, 3.8) is 0 Å². The van der Waals surface area contributed by atoms with Crippen LogP contribution in [0.1, 0.15) is 206 Å². The number of nitrogens with one attached hydrogen (secondary N) is 1. The van der Waals surface area contributed by atoms with Gasteiger partial charge >= 0.3 is 0 Å². The molecule has 0 aromatic rings. The van der Waals surface area contributed by atoms with E-state index in [1.54, 1.807) is 0 Å². The number of rotatable bonds is 47. The Labute approximate surface area is 496 Å². The van der Waals surface area contributed by atoms with Crippen LogP contribution < -0.4 is 5.32 Å². The number of hydrogen-bond donors (Lipinski definition) is 12. The van der Waals surface area contributed by atoms with Crippen molar-refractivity contribution >= 4 is 5.91 Å². The lowest BCUT2D eigenvalue weighted by Crippen LogP contribution is -2.66. The normalized spacial score (nSPS) is 29.8. The quantitative estimate of drug-likeness (QED) is 0.0220. The SMILES string of the molecule is CC/C=C\C/C=C\C/C=C\C/C=C\C/C=C\CCCCCCCC(=O)NC(COC1OC(CO)C(OC2OC(CO)C(OC3OC(CO)C(O)C(O)C3O)C(O)C2O)C(O)C1O)C(O)CCCCCCCCCCCCCCCCCCC. The van der Waals surface area contributed by atoms with Crippen LogP contribution in [0.3, 0.4) is 0 Å². The molecular formula is C64H113NO18. The largest absolute Gasteiger partial charge is 0.394 e. The molecule has 1 amide bonds. The van der Waals surface area contributed by atoms with Crippen molar-refractivity contribution in [2.45, 2.75) is 311 Å². The van der Waals surface area contributed by atoms with Crippen LogP contribution in [0.15, 0.2) is 60.8 Å². The van der Waals surface area contributed by atoms with E-state index in [2.05, 4.69) is 79.9 Å². The highest BCUT2D eigenvalue weighted by Crippen LogP contribution is 2.33. The topological polar surface area (TPSA) is 307 Å². The average molecular weight is 1180 g/mol. The fraction of sp³-hybridized carbons (Fsp3) is 0.828. The Morgan fingerprint density at radius 3 is 1.30 bits per heavy atom. The monoisotopic (exact) mass is 1180 g/mol. The summed E-state index contributed by atoms with van der Waals surface area (Å²) in [6, 6.07) is -0.901. The predicted octanol–water partition coefficient (Wildman–Crippen LogP) is 6.82. The number of allylic oxidation sites excluding steroid dienone is 10. The third-order valence-corrected chi connectivity index (χ3v) is 15.9. The van der Waals surface area contributed by atoms with Gasteiger partial charge < -0.3 is 89.9 Å². The molecule has 0 bridgehead atoms. The lowest BCUT2D eigenvalue weighted by atomic mass is 9.96. The van der Waals surface area contributed by atoms with Gasteiger partial charge in [0.25, 0.3) is 0 Å². The second kappa shape index (κ2) is 46.6. The smallest absolute Gasteiger partial charge is 0.220 e. The number of amides is 1. The van der Waals surface area contributed by atoms with Crippen LogP contribution in [0.4, 0.5) is 0 Å². The molecule has 3 aliphatic rings. The van der Waals surface area contributed by atoms with Crippen molar-refractivity contribution in [3.05, 3.63) is 60.8 Å². The number of aliphatic hydroxyl groups excluding tert-OH is 11. The van der Waals surface area contributed by atoms with Gasteiger partial charge in [-0.15, -0.1) is 0 Å². The summed E-state index contributed by atoms with van der Waals surface area (Å²) in [5.41, 5.74) is 0. The Hall–Kier alpha value is -2.51. The first-order valence-corrected chi connectivity index (χ1v) is 32.0. The van der Waals surface area contributed by atoms with E-state index in [-0.39, 0.29) is 18.9 Å². The van der Waals surface area contributed by atoms with Gasteiger partial charge in [0.05, 0.1) is 38.6 Å². The van der Waals surface area contributed by atoms with Gasteiger partial charge in [-0.05, 0) is 57.8 Å². The van der Waals surface area contributed by atoms with Crippen molar-refractivity contribution < 1.29 is 89.4 Å². The van der Waals surface area contributed by atoms with E-state index in [9.17, 15) is 61.0 Å². The molecule has 3 saturated heterocycles. The molecule has 83 heavy (non-hydrogen) atoms. The molecule has 19 nitrogen and oxygen atoms in total. The first-order valence-electron chi connectivity index (χ1n) is 32.0. The van der Waals surface area contributed by atoms with Crippen LogP contribution in [-0.4, -0.2) is 193 Å². The predicted molar refractivity (Wildman–Crippen MR) is 318 cm³/mol. The van der Waals surface area contributed by atoms with Crippen LogP contribution in [0.5, 0.6) is 0 Å². The molecule has 3 rings (SSSR count). The molecule has 0 spiro atoms. The summed E-state index contributed by atoms with van der Waals surface area (Å²) in [6.45, 7) is 1.66. The summed E-state index contributed by atoms with van der Waals surface area (Å²) in [5, 5.41) is 120. The molecule has 3 aliphatic heterocycles. The molecule has 0 saturated carbocycles. The van der Waals surface area contributed by atoms with Crippen LogP contribution >= 0.6 is 0 Å². The molecule has 0 aromatic heterocycles. The van der Waals surface area contributed by atoms with Gasteiger partial charge in [0.15, 0.2) is 18.9 Å². The van der Waals surface area contributed by atoms with Crippen molar-refractivity contribution in [2.75, 3.05) is 26.4 Å². The molecule has 17 atom stereocenters. The lowest BCUT2D eigenvalue weighted by Gasteiger charge is -2.48. The maximum atomic E-state index is 13.4. The van der Waals surface area contributed by atoms with Gasteiger partial charge in [0, 0.05) is 6.42 Å². The number of ether oxygens (including phenoxy) is 6. The van der Waals surface area contributed by atoms with E-state index in [4.69, 9.17) is 28.4 Å². The van der Waals surface area contributed by atoms with Gasteiger partial charge in [-0.25, -0.2) is 0 Å². The standard InChI is InChI=1S/C64H113NO18/c1-3-5-7-9-11-13-15-17-19-21-22-23-24-26-28-30-32-34-36-38-40-42-52(70)65-47(48(69)41-39-37-35-33-31-29-27-25-20-18-16-14-12-10-8-6-4-2)46-78-62-58(76)55(73)60(50(44-67)80-62)83-64-59(77)56(74)61(51(45-68)81-64)82-63-57(75)54(72)53(71)49(43-66)79-63/h5,7,11,13,17,19,22-23,26,28,47-51,53-64,66-69,71-77H,3-4,6,8-10,12,14-16,18,20-21,24-25,27,29-46H2,1-2H3,(H,65,70)/b7-5-,13-11-,19-17-,23-22-,28-26-. The third-order valence-electron chi connectivity index (χ3n) is 15.9. The summed E-state index contributed by atoms with van der Waals surface area (Å²) >= 11 is 0. The molecule has 12 N–H and O–H groups in total. The zero-order chi connectivity index (χ0) is 60.5. The first-order chi connectivity index (χ1) is 40.3. The Morgan fingerprint density at radius 2 is 0.831 bits per heavy atom. The second-order valence-electron chi connectivity index (χ2n) is 22.8. The minimum absolute atomic E-state index is 0.242. The number of unbranched alkanes of at least 4 members (excludes halogenated alkanes) is 21. The van der Waals surface area contributed by atoms with Crippen molar-refractivity contribution in [1.29, 1.82) is 0 Å². The van der Waals surface area contributed by atoms with Crippen LogP contribution in [0.25, 0.3) is 0 Å². The molecule has 0 aromatic carbocycles.